The summed E-state index contributed by atoms with van der Waals surface area (Å²) in [4.78, 5) is 28.1. The van der Waals surface area contributed by atoms with Gasteiger partial charge < -0.3 is 9.30 Å². The first-order valence-corrected chi connectivity index (χ1v) is 11.3. The maximum Gasteiger partial charge on any atom is 0.265 e. The van der Waals surface area contributed by atoms with Crippen LogP contribution >= 0.6 is 28.1 Å². The molecule has 2 amide bonds. The first-order chi connectivity index (χ1) is 15.3. The average molecular weight is 512 g/mol. The highest BCUT2D eigenvalue weighted by atomic mass is 79.9. The highest BCUT2D eigenvalue weighted by molar-refractivity contribution is 9.10. The van der Waals surface area contributed by atoms with Gasteiger partial charge in [0.05, 0.1) is 6.54 Å². The number of benzene rings is 2. The lowest BCUT2D eigenvalue weighted by atomic mass is 10.1. The normalized spacial score (nSPS) is 14.5. The number of nitrogens with zero attached hydrogens (tertiary/aromatic N) is 3. The largest absolute Gasteiger partial charge is 0.491 e. The van der Waals surface area contributed by atoms with Crippen molar-refractivity contribution in [2.45, 2.75) is 13.5 Å². The van der Waals surface area contributed by atoms with Gasteiger partial charge in [0.2, 0.25) is 0 Å². The molecule has 0 aliphatic carbocycles. The molecule has 0 spiro atoms. The molecule has 4 rings (SSSR count). The van der Waals surface area contributed by atoms with E-state index in [2.05, 4.69) is 20.5 Å². The highest BCUT2D eigenvalue weighted by Crippen LogP contribution is 2.28. The highest BCUT2D eigenvalue weighted by Gasteiger charge is 2.35. The van der Waals surface area contributed by atoms with E-state index in [1.54, 1.807) is 20.2 Å². The molecule has 2 heterocycles. The van der Waals surface area contributed by atoms with Gasteiger partial charge in [0, 0.05) is 41.2 Å². The lowest BCUT2D eigenvalue weighted by Gasteiger charge is -2.31. The van der Waals surface area contributed by atoms with E-state index >= 15 is 0 Å². The van der Waals surface area contributed by atoms with Crippen molar-refractivity contribution in [3.63, 3.8) is 0 Å². The Morgan fingerprint density at radius 2 is 1.75 bits per heavy atom. The number of hydrogen-bond donors (Lipinski definition) is 0. The van der Waals surface area contributed by atoms with Crippen molar-refractivity contribution in [1.82, 2.24) is 14.4 Å². The second kappa shape index (κ2) is 8.88. The van der Waals surface area contributed by atoms with Crippen LogP contribution in [0.5, 0.6) is 5.75 Å². The Morgan fingerprint density at radius 3 is 2.44 bits per heavy atom. The number of rotatable bonds is 5. The van der Waals surface area contributed by atoms with Crippen molar-refractivity contribution in [3.05, 3.63) is 69.8 Å². The molecule has 0 bridgehead atoms. The Labute approximate surface area is 200 Å². The van der Waals surface area contributed by atoms with E-state index in [0.717, 1.165) is 32.3 Å². The van der Waals surface area contributed by atoms with E-state index in [4.69, 9.17) is 17.0 Å². The van der Waals surface area contributed by atoms with Gasteiger partial charge in [-0.15, -0.1) is 0 Å². The molecular formula is C24H22BrN3O3S. The van der Waals surface area contributed by atoms with Crippen LogP contribution in [0.2, 0.25) is 0 Å². The zero-order valence-corrected chi connectivity index (χ0v) is 20.4. The minimum absolute atomic E-state index is 0.0822. The fourth-order valence-electron chi connectivity index (χ4n) is 3.70. The van der Waals surface area contributed by atoms with Crippen LogP contribution in [0.4, 0.5) is 0 Å². The molecule has 8 heteroatoms. The van der Waals surface area contributed by atoms with Crippen molar-refractivity contribution in [3.8, 4) is 5.75 Å². The molecule has 0 N–H and O–H groups in total. The first-order valence-electron chi connectivity index (χ1n) is 10.1. The summed E-state index contributed by atoms with van der Waals surface area (Å²) in [6, 6.07) is 13.9. The van der Waals surface area contributed by atoms with E-state index in [1.807, 2.05) is 55.6 Å². The van der Waals surface area contributed by atoms with Gasteiger partial charge in [-0.25, -0.2) is 0 Å². The molecule has 0 radical (unpaired) electrons. The van der Waals surface area contributed by atoms with Crippen LogP contribution < -0.4 is 4.74 Å². The van der Waals surface area contributed by atoms with Gasteiger partial charge in [0.1, 0.15) is 17.9 Å². The molecule has 6 nitrogen and oxygen atoms in total. The van der Waals surface area contributed by atoms with Crippen molar-refractivity contribution in [2.75, 3.05) is 20.7 Å². The number of halogens is 1. The molecule has 0 atom stereocenters. The monoisotopic (exact) mass is 511 g/mol. The minimum Gasteiger partial charge on any atom is -0.491 e. The van der Waals surface area contributed by atoms with E-state index in [-0.39, 0.29) is 10.7 Å². The van der Waals surface area contributed by atoms with Crippen LogP contribution in [-0.2, 0) is 16.1 Å². The van der Waals surface area contributed by atoms with Crippen LogP contribution in [0.25, 0.3) is 17.0 Å². The Bertz CT molecular complexity index is 1250. The van der Waals surface area contributed by atoms with E-state index in [1.165, 1.54) is 9.80 Å². The molecule has 1 aromatic heterocycles. The molecule has 32 heavy (non-hydrogen) atoms. The molecule has 1 aliphatic rings. The Hall–Kier alpha value is -2.97. The molecule has 2 aromatic carbocycles. The number of aryl methyl sites for hydroxylation is 1. The summed E-state index contributed by atoms with van der Waals surface area (Å²) in [6.07, 6.45) is 3.59. The molecule has 1 saturated heterocycles. The van der Waals surface area contributed by atoms with Crippen molar-refractivity contribution in [1.29, 1.82) is 0 Å². The Morgan fingerprint density at radius 1 is 1.06 bits per heavy atom. The maximum absolute atomic E-state index is 12.8. The van der Waals surface area contributed by atoms with Gasteiger partial charge in [0.25, 0.3) is 11.8 Å². The summed E-state index contributed by atoms with van der Waals surface area (Å²) in [7, 11) is 3.15. The Balaban J connectivity index is 1.68. The molecule has 1 aliphatic heterocycles. The molecule has 1 fully saturated rings. The number of hydrogen-bond acceptors (Lipinski definition) is 4. The smallest absolute Gasteiger partial charge is 0.265 e. The number of thiocarbonyl (C=S) groups is 1. The van der Waals surface area contributed by atoms with Crippen molar-refractivity contribution >= 4 is 62.1 Å². The predicted molar refractivity (Wildman–Crippen MR) is 132 cm³/mol. The summed E-state index contributed by atoms with van der Waals surface area (Å²) in [6.45, 7) is 3.11. The molecule has 0 unspecified atom stereocenters. The lowest BCUT2D eigenvalue weighted by Crippen LogP contribution is -2.52. The van der Waals surface area contributed by atoms with Crippen LogP contribution in [0, 0.1) is 6.92 Å². The molecule has 3 aromatic rings. The quantitative estimate of drug-likeness (QED) is 0.289. The predicted octanol–water partition coefficient (Wildman–Crippen LogP) is 4.39. The van der Waals surface area contributed by atoms with Gasteiger partial charge >= 0.3 is 0 Å². The van der Waals surface area contributed by atoms with Crippen LogP contribution in [-0.4, -0.2) is 52.0 Å². The second-order valence-electron chi connectivity index (χ2n) is 7.62. The number of carbonyl (C=O) groups is 2. The van der Waals surface area contributed by atoms with Crippen molar-refractivity contribution in [2.24, 2.45) is 0 Å². The average Bonchev–Trinajstić information content (AvgIpc) is 3.11. The lowest BCUT2D eigenvalue weighted by molar-refractivity contribution is -0.132. The summed E-state index contributed by atoms with van der Waals surface area (Å²) in [5.41, 5.74) is 2.93. The number of amides is 2. The first kappa shape index (κ1) is 22.2. The summed E-state index contributed by atoms with van der Waals surface area (Å²) >= 11 is 8.70. The summed E-state index contributed by atoms with van der Waals surface area (Å²) in [5, 5.41) is 1.12. The third-order valence-electron chi connectivity index (χ3n) is 5.50. The maximum atomic E-state index is 12.8. The fraction of sp³-hybridized carbons (Fsp3) is 0.208. The third kappa shape index (κ3) is 4.08. The minimum atomic E-state index is -0.406. The standard InChI is InChI=1S/C24H22BrN3O3S/c1-15-6-4-5-7-21(15)31-11-10-28-14-16(18-13-17(25)8-9-20(18)28)12-19-22(29)26(2)24(32)27(3)23(19)30/h4-9,12-14H,10-11H2,1-3H3. The number of likely N-dealkylation sites (N-methyl/N-ethyl adjacent to an activating group) is 2. The van der Waals surface area contributed by atoms with Gasteiger partial charge in [-0.1, -0.05) is 34.1 Å². The topological polar surface area (TPSA) is 54.8 Å². The Kier molecular flexibility index (Phi) is 6.17. The van der Waals surface area contributed by atoms with Gasteiger partial charge in [0.15, 0.2) is 5.11 Å². The second-order valence-corrected chi connectivity index (χ2v) is 8.90. The van der Waals surface area contributed by atoms with Crippen LogP contribution in [0.3, 0.4) is 0 Å². The SMILES string of the molecule is Cc1ccccc1OCCn1cc(C=C2C(=O)N(C)C(=S)N(C)C2=O)c2cc(Br)ccc21. The number of carbonyl (C=O) groups excluding carboxylic acids is 2. The zero-order chi connectivity index (χ0) is 23.0. The number of para-hydroxylation sites is 1. The third-order valence-corrected chi connectivity index (χ3v) is 6.54. The van der Waals surface area contributed by atoms with E-state index < -0.39 is 11.8 Å². The summed E-state index contributed by atoms with van der Waals surface area (Å²) in [5.74, 6) is 0.0447. The van der Waals surface area contributed by atoms with Gasteiger partial charge in [-0.3, -0.25) is 19.4 Å². The van der Waals surface area contributed by atoms with E-state index in [0.29, 0.717) is 13.2 Å². The summed E-state index contributed by atoms with van der Waals surface area (Å²) < 4.78 is 8.95. The number of aromatic nitrogens is 1. The number of fused-ring (bicyclic) bond motifs is 1. The number of ether oxygens (including phenoxy) is 1. The zero-order valence-electron chi connectivity index (χ0n) is 18.0. The van der Waals surface area contributed by atoms with Crippen LogP contribution in [0.1, 0.15) is 11.1 Å². The fourth-order valence-corrected chi connectivity index (χ4v) is 4.23. The van der Waals surface area contributed by atoms with Crippen molar-refractivity contribution < 1.29 is 14.3 Å². The molecule has 164 valence electrons. The molecular weight excluding hydrogens is 490 g/mol. The molecule has 0 saturated carbocycles. The van der Waals surface area contributed by atoms with Gasteiger partial charge in [-0.05, 0) is 55.0 Å². The van der Waals surface area contributed by atoms with Crippen LogP contribution in [0.15, 0.2) is 58.7 Å². The van der Waals surface area contributed by atoms with E-state index in [9.17, 15) is 9.59 Å². The van der Waals surface area contributed by atoms with Gasteiger partial charge in [-0.2, -0.15) is 0 Å².